The Morgan fingerprint density at radius 3 is 0.828 bits per heavy atom. The van der Waals surface area contributed by atoms with Crippen LogP contribution in [-0.4, -0.2) is 13.2 Å². The van der Waals surface area contributed by atoms with Gasteiger partial charge in [0.25, 0.3) is 0 Å². The first-order valence-corrected chi connectivity index (χ1v) is 22.8. The molecule has 0 atom stereocenters. The standard InChI is InChI=1S/C60H52N2O2/c1(3-13-43-63-51-39-35-49(36-40-51)61(57-31-15-23-45-19-5-9-27-53(45)57)58-32-16-24-46-20-6-10-28-54(46)58)2-4-14-44-64-52-41-37-50(38-42-52)62(59-33-17-25-47-21-7-11-29-55(47)59)60-34-18-26-48-22-8-12-30-56(48)60/h5-12,15-42H,1-4,13-14,43-44H2. The summed E-state index contributed by atoms with van der Waals surface area (Å²) in [4.78, 5) is 4.76. The molecule has 0 aromatic heterocycles. The molecular formula is C60H52N2O2. The number of hydrogen-bond acceptors (Lipinski definition) is 4. The summed E-state index contributed by atoms with van der Waals surface area (Å²) in [5, 5.41) is 9.75. The zero-order chi connectivity index (χ0) is 42.9. The molecular weight excluding hydrogens is 781 g/mol. The predicted octanol–water partition coefficient (Wildman–Crippen LogP) is 17.0. The second-order valence-electron chi connectivity index (χ2n) is 16.5. The molecule has 10 aromatic rings. The van der Waals surface area contributed by atoms with Crippen LogP contribution < -0.4 is 19.3 Å². The summed E-state index contributed by atoms with van der Waals surface area (Å²) in [6.45, 7) is 1.43. The summed E-state index contributed by atoms with van der Waals surface area (Å²) >= 11 is 0. The number of fused-ring (bicyclic) bond motifs is 4. The van der Waals surface area contributed by atoms with E-state index in [0.717, 1.165) is 71.3 Å². The minimum Gasteiger partial charge on any atom is -0.494 e. The van der Waals surface area contributed by atoms with Crippen molar-refractivity contribution in [1.82, 2.24) is 0 Å². The van der Waals surface area contributed by atoms with Gasteiger partial charge in [-0.15, -0.1) is 0 Å². The van der Waals surface area contributed by atoms with Crippen molar-refractivity contribution >= 4 is 77.2 Å². The Morgan fingerprint density at radius 1 is 0.250 bits per heavy atom. The number of hydrogen-bond donors (Lipinski definition) is 0. The molecule has 0 aliphatic rings. The normalized spacial score (nSPS) is 11.3. The number of rotatable bonds is 17. The van der Waals surface area contributed by atoms with Crippen molar-refractivity contribution in [2.24, 2.45) is 0 Å². The smallest absolute Gasteiger partial charge is 0.119 e. The molecule has 0 aliphatic carbocycles. The average Bonchev–Trinajstić information content (AvgIpc) is 3.36. The van der Waals surface area contributed by atoms with Gasteiger partial charge in [0.05, 0.1) is 36.0 Å². The molecule has 4 heteroatoms. The summed E-state index contributed by atoms with van der Waals surface area (Å²) < 4.78 is 12.5. The molecule has 0 N–H and O–H groups in total. The Bertz CT molecular complexity index is 2750. The van der Waals surface area contributed by atoms with Crippen LogP contribution >= 0.6 is 0 Å². The third-order valence-corrected chi connectivity index (χ3v) is 12.3. The molecule has 0 spiro atoms. The molecule has 0 saturated heterocycles. The fraction of sp³-hybridized carbons (Fsp3) is 0.133. The lowest BCUT2D eigenvalue weighted by atomic mass is 10.0. The minimum absolute atomic E-state index is 0.716. The van der Waals surface area contributed by atoms with Gasteiger partial charge in [-0.3, -0.25) is 0 Å². The molecule has 10 aromatic carbocycles. The largest absolute Gasteiger partial charge is 0.494 e. The van der Waals surface area contributed by atoms with Crippen molar-refractivity contribution in [3.63, 3.8) is 0 Å². The lowest BCUT2D eigenvalue weighted by molar-refractivity contribution is 0.297. The van der Waals surface area contributed by atoms with Crippen LogP contribution in [0.4, 0.5) is 34.1 Å². The van der Waals surface area contributed by atoms with Crippen molar-refractivity contribution in [2.75, 3.05) is 23.0 Å². The molecule has 0 unspecified atom stereocenters. The van der Waals surface area contributed by atoms with Crippen LogP contribution in [0.3, 0.4) is 0 Å². The highest BCUT2D eigenvalue weighted by Gasteiger charge is 2.19. The third-order valence-electron chi connectivity index (χ3n) is 12.3. The molecule has 4 nitrogen and oxygen atoms in total. The van der Waals surface area contributed by atoms with Crippen LogP contribution in [0.2, 0.25) is 0 Å². The predicted molar refractivity (Wildman–Crippen MR) is 271 cm³/mol. The van der Waals surface area contributed by atoms with Crippen molar-refractivity contribution in [3.05, 3.63) is 218 Å². The molecule has 0 saturated carbocycles. The van der Waals surface area contributed by atoms with E-state index < -0.39 is 0 Å². The summed E-state index contributed by atoms with van der Waals surface area (Å²) in [5.74, 6) is 1.80. The van der Waals surface area contributed by atoms with Crippen molar-refractivity contribution in [3.8, 4) is 11.5 Å². The first kappa shape index (κ1) is 40.5. The highest BCUT2D eigenvalue weighted by atomic mass is 16.5. The number of nitrogens with zero attached hydrogens (tertiary/aromatic N) is 2. The van der Waals surface area contributed by atoms with E-state index in [-0.39, 0.29) is 0 Å². The first-order chi connectivity index (χ1) is 31.8. The second kappa shape index (κ2) is 19.2. The van der Waals surface area contributed by atoms with Gasteiger partial charge in [-0.2, -0.15) is 0 Å². The number of anilines is 6. The van der Waals surface area contributed by atoms with Gasteiger partial charge in [-0.25, -0.2) is 0 Å². The van der Waals surface area contributed by atoms with E-state index in [2.05, 4.69) is 228 Å². The van der Waals surface area contributed by atoms with Gasteiger partial charge >= 0.3 is 0 Å². The molecule has 0 amide bonds. The molecule has 10 rings (SSSR count). The van der Waals surface area contributed by atoms with E-state index in [1.54, 1.807) is 0 Å². The van der Waals surface area contributed by atoms with Crippen LogP contribution in [0.15, 0.2) is 218 Å². The number of unbranched alkanes of at least 4 members (excludes halogenated alkanes) is 5. The van der Waals surface area contributed by atoms with Crippen molar-refractivity contribution < 1.29 is 9.47 Å². The lowest BCUT2D eigenvalue weighted by Gasteiger charge is -2.28. The van der Waals surface area contributed by atoms with Gasteiger partial charge in [0.15, 0.2) is 0 Å². The topological polar surface area (TPSA) is 24.9 Å². The molecule has 0 radical (unpaired) electrons. The van der Waals surface area contributed by atoms with E-state index in [4.69, 9.17) is 9.47 Å². The van der Waals surface area contributed by atoms with Crippen LogP contribution in [0.5, 0.6) is 11.5 Å². The minimum atomic E-state index is 0.716. The van der Waals surface area contributed by atoms with Crippen LogP contribution in [0, 0.1) is 0 Å². The molecule has 0 bridgehead atoms. The lowest BCUT2D eigenvalue weighted by Crippen LogP contribution is -2.11. The Labute approximate surface area is 376 Å². The van der Waals surface area contributed by atoms with Crippen molar-refractivity contribution in [2.45, 2.75) is 38.5 Å². The highest BCUT2D eigenvalue weighted by molar-refractivity contribution is 6.06. The quantitative estimate of drug-likeness (QED) is 0.0854. The third kappa shape index (κ3) is 8.73. The van der Waals surface area contributed by atoms with Crippen molar-refractivity contribution in [1.29, 1.82) is 0 Å². The maximum absolute atomic E-state index is 6.26. The average molecular weight is 833 g/mol. The fourth-order valence-electron chi connectivity index (χ4n) is 9.10. The zero-order valence-corrected chi connectivity index (χ0v) is 36.2. The zero-order valence-electron chi connectivity index (χ0n) is 36.2. The van der Waals surface area contributed by atoms with Gasteiger partial charge in [0.2, 0.25) is 0 Å². The molecule has 0 aliphatic heterocycles. The van der Waals surface area contributed by atoms with Gasteiger partial charge in [-0.05, 0) is 107 Å². The van der Waals surface area contributed by atoms with Gasteiger partial charge in [0, 0.05) is 32.9 Å². The summed E-state index contributed by atoms with van der Waals surface area (Å²) in [7, 11) is 0. The van der Waals surface area contributed by atoms with E-state index in [1.807, 2.05) is 0 Å². The summed E-state index contributed by atoms with van der Waals surface area (Å²) in [6.07, 6.45) is 6.77. The van der Waals surface area contributed by atoms with Gasteiger partial charge in [0.1, 0.15) is 11.5 Å². The number of ether oxygens (including phenoxy) is 2. The van der Waals surface area contributed by atoms with E-state index >= 15 is 0 Å². The maximum atomic E-state index is 6.26. The molecule has 314 valence electrons. The van der Waals surface area contributed by atoms with Gasteiger partial charge < -0.3 is 19.3 Å². The monoisotopic (exact) mass is 832 g/mol. The van der Waals surface area contributed by atoms with Crippen LogP contribution in [-0.2, 0) is 0 Å². The van der Waals surface area contributed by atoms with E-state index in [1.165, 1.54) is 55.9 Å². The van der Waals surface area contributed by atoms with Crippen LogP contribution in [0.1, 0.15) is 38.5 Å². The van der Waals surface area contributed by atoms with Gasteiger partial charge in [-0.1, -0.05) is 171 Å². The second-order valence-corrected chi connectivity index (χ2v) is 16.5. The molecule has 0 fully saturated rings. The summed E-state index contributed by atoms with van der Waals surface area (Å²) in [6, 6.07) is 77.8. The first-order valence-electron chi connectivity index (χ1n) is 22.8. The fourth-order valence-corrected chi connectivity index (χ4v) is 9.10. The van der Waals surface area contributed by atoms with Crippen LogP contribution in [0.25, 0.3) is 43.1 Å². The molecule has 0 heterocycles. The highest BCUT2D eigenvalue weighted by Crippen LogP contribution is 2.44. The number of benzene rings is 10. The Balaban J connectivity index is 0.709. The Morgan fingerprint density at radius 2 is 0.516 bits per heavy atom. The Hall–Kier alpha value is -7.56. The van der Waals surface area contributed by atoms with E-state index in [9.17, 15) is 0 Å². The Kier molecular flexibility index (Phi) is 12.2. The SMILES string of the molecule is c1ccc2c(N(c3ccc(OCCCCCCCCOc4ccc(N(c5cccc6ccccc56)c5cccc6ccccc56)cc4)cc3)c3cccc4ccccc34)cccc2c1. The maximum Gasteiger partial charge on any atom is 0.119 e. The summed E-state index contributed by atoms with van der Waals surface area (Å²) in [5.41, 5.74) is 6.81. The van der Waals surface area contributed by atoms with E-state index in [0.29, 0.717) is 13.2 Å². The molecule has 64 heavy (non-hydrogen) atoms.